The zero-order valence-corrected chi connectivity index (χ0v) is 11.2. The van der Waals surface area contributed by atoms with Gasteiger partial charge in [-0.1, -0.05) is 51.3 Å². The zero-order valence-electron chi connectivity index (χ0n) is 10.5. The first-order valence-corrected chi connectivity index (χ1v) is 6.87. The second kappa shape index (κ2) is 5.94. The summed E-state index contributed by atoms with van der Waals surface area (Å²) in [6.07, 6.45) is 11.2. The van der Waals surface area contributed by atoms with Gasteiger partial charge < -0.3 is 0 Å². The maximum Gasteiger partial charge on any atom is 0.0177 e. The van der Waals surface area contributed by atoms with E-state index in [-0.39, 0.29) is 0 Å². The molecular formula is C14H25Cl. The summed E-state index contributed by atoms with van der Waals surface area (Å²) < 4.78 is 0. The molecule has 88 valence electrons. The second-order valence-electron chi connectivity index (χ2n) is 5.23. The van der Waals surface area contributed by atoms with E-state index in [1.165, 1.54) is 44.9 Å². The molecule has 1 rings (SSSR count). The van der Waals surface area contributed by atoms with Crippen molar-refractivity contribution < 1.29 is 0 Å². The largest absolute Gasteiger partial charge is 0.0892 e. The van der Waals surface area contributed by atoms with Crippen molar-refractivity contribution in [2.24, 2.45) is 11.3 Å². The molecular weight excluding hydrogens is 204 g/mol. The minimum Gasteiger partial charge on any atom is -0.0892 e. The van der Waals surface area contributed by atoms with E-state index in [4.69, 9.17) is 11.6 Å². The highest BCUT2D eigenvalue weighted by Gasteiger charge is 2.35. The molecule has 15 heavy (non-hydrogen) atoms. The molecule has 1 aliphatic carbocycles. The monoisotopic (exact) mass is 228 g/mol. The first-order chi connectivity index (χ1) is 7.14. The highest BCUT2D eigenvalue weighted by atomic mass is 35.5. The van der Waals surface area contributed by atoms with Crippen LogP contribution in [-0.2, 0) is 0 Å². The van der Waals surface area contributed by atoms with E-state index in [2.05, 4.69) is 26.8 Å². The Bertz CT molecular complexity index is 211. The van der Waals surface area contributed by atoms with Gasteiger partial charge in [-0.15, -0.1) is 0 Å². The predicted molar refractivity (Wildman–Crippen MR) is 69.2 cm³/mol. The van der Waals surface area contributed by atoms with Crippen molar-refractivity contribution >= 4 is 11.6 Å². The fourth-order valence-corrected chi connectivity index (χ4v) is 3.62. The molecule has 1 aliphatic rings. The van der Waals surface area contributed by atoms with Gasteiger partial charge in [0.1, 0.15) is 0 Å². The lowest BCUT2D eigenvalue weighted by molar-refractivity contribution is 0.167. The Balaban J connectivity index is 2.77. The Morgan fingerprint density at radius 2 is 1.93 bits per heavy atom. The molecule has 0 radical (unpaired) electrons. The standard InChI is InChI=1S/C14H25Cl/c1-4-10-14(3,11-5-2)12-8-6-7-9-13(12)15/h9,12H,4-8,10-11H2,1-3H3. The van der Waals surface area contributed by atoms with E-state index in [0.29, 0.717) is 11.3 Å². The van der Waals surface area contributed by atoms with Crippen LogP contribution in [0.15, 0.2) is 11.1 Å². The molecule has 0 nitrogen and oxygen atoms in total. The Hall–Kier alpha value is 0.0300. The van der Waals surface area contributed by atoms with Crippen molar-refractivity contribution in [2.45, 2.75) is 65.7 Å². The number of hydrogen-bond acceptors (Lipinski definition) is 0. The summed E-state index contributed by atoms with van der Waals surface area (Å²) in [6, 6.07) is 0. The summed E-state index contributed by atoms with van der Waals surface area (Å²) in [5.41, 5.74) is 0.442. The number of hydrogen-bond donors (Lipinski definition) is 0. The molecule has 0 N–H and O–H groups in total. The molecule has 0 aromatic carbocycles. The van der Waals surface area contributed by atoms with E-state index in [0.717, 1.165) is 5.03 Å². The summed E-state index contributed by atoms with van der Waals surface area (Å²) >= 11 is 6.40. The first kappa shape index (κ1) is 13.1. The third kappa shape index (κ3) is 3.24. The molecule has 0 fully saturated rings. The summed E-state index contributed by atoms with van der Waals surface area (Å²) in [7, 11) is 0. The fourth-order valence-electron chi connectivity index (χ4n) is 3.14. The summed E-state index contributed by atoms with van der Waals surface area (Å²) in [5.74, 6) is 0.632. The molecule has 0 amide bonds. The Morgan fingerprint density at radius 3 is 2.40 bits per heavy atom. The molecule has 1 atom stereocenters. The Kier molecular flexibility index (Phi) is 5.18. The molecule has 0 heterocycles. The Morgan fingerprint density at radius 1 is 1.33 bits per heavy atom. The topological polar surface area (TPSA) is 0 Å². The van der Waals surface area contributed by atoms with Crippen LogP contribution in [-0.4, -0.2) is 0 Å². The van der Waals surface area contributed by atoms with Crippen molar-refractivity contribution in [3.63, 3.8) is 0 Å². The van der Waals surface area contributed by atoms with Crippen LogP contribution in [0.1, 0.15) is 65.7 Å². The molecule has 1 unspecified atom stereocenters. The maximum absolute atomic E-state index is 6.40. The van der Waals surface area contributed by atoms with E-state index in [1.807, 2.05) is 0 Å². The van der Waals surface area contributed by atoms with E-state index in [9.17, 15) is 0 Å². The number of rotatable bonds is 5. The van der Waals surface area contributed by atoms with Crippen molar-refractivity contribution in [3.8, 4) is 0 Å². The highest BCUT2D eigenvalue weighted by Crippen LogP contribution is 2.46. The summed E-state index contributed by atoms with van der Waals surface area (Å²) in [4.78, 5) is 0. The first-order valence-electron chi connectivity index (χ1n) is 6.49. The quantitative estimate of drug-likeness (QED) is 0.582. The lowest BCUT2D eigenvalue weighted by atomic mass is 9.67. The molecule has 0 aromatic rings. The smallest absolute Gasteiger partial charge is 0.0177 e. The average molecular weight is 229 g/mol. The van der Waals surface area contributed by atoms with Gasteiger partial charge in [-0.05, 0) is 43.4 Å². The van der Waals surface area contributed by atoms with Crippen molar-refractivity contribution in [2.75, 3.05) is 0 Å². The lowest BCUT2D eigenvalue weighted by Gasteiger charge is -2.39. The van der Waals surface area contributed by atoms with Crippen molar-refractivity contribution in [1.29, 1.82) is 0 Å². The van der Waals surface area contributed by atoms with E-state index < -0.39 is 0 Å². The molecule has 0 aliphatic heterocycles. The lowest BCUT2D eigenvalue weighted by Crippen LogP contribution is -2.29. The predicted octanol–water partition coefficient (Wildman–Crippen LogP) is 5.52. The molecule has 0 bridgehead atoms. The van der Waals surface area contributed by atoms with Crippen LogP contribution < -0.4 is 0 Å². The highest BCUT2D eigenvalue weighted by molar-refractivity contribution is 6.29. The SMILES string of the molecule is CCCC(C)(CCC)C1CCCC=C1Cl. The van der Waals surface area contributed by atoms with Gasteiger partial charge in [0.25, 0.3) is 0 Å². The van der Waals surface area contributed by atoms with Gasteiger partial charge in [-0.25, -0.2) is 0 Å². The molecule has 0 saturated carbocycles. The van der Waals surface area contributed by atoms with Gasteiger partial charge in [0.15, 0.2) is 0 Å². The third-order valence-corrected chi connectivity index (χ3v) is 4.27. The maximum atomic E-state index is 6.40. The molecule has 0 spiro atoms. The Labute approximate surface area is 100 Å². The van der Waals surface area contributed by atoms with E-state index >= 15 is 0 Å². The van der Waals surface area contributed by atoms with Gasteiger partial charge in [-0.3, -0.25) is 0 Å². The van der Waals surface area contributed by atoms with Gasteiger partial charge in [-0.2, -0.15) is 0 Å². The van der Waals surface area contributed by atoms with Gasteiger partial charge in [0.05, 0.1) is 0 Å². The van der Waals surface area contributed by atoms with Crippen LogP contribution in [0, 0.1) is 11.3 Å². The minimum atomic E-state index is 0.442. The number of allylic oxidation sites excluding steroid dienone is 2. The zero-order chi connectivity index (χ0) is 11.3. The van der Waals surface area contributed by atoms with Crippen LogP contribution in [0.4, 0.5) is 0 Å². The van der Waals surface area contributed by atoms with Gasteiger partial charge in [0.2, 0.25) is 0 Å². The molecule has 0 aromatic heterocycles. The fraction of sp³-hybridized carbons (Fsp3) is 0.857. The normalized spacial score (nSPS) is 22.7. The van der Waals surface area contributed by atoms with Crippen LogP contribution >= 0.6 is 11.6 Å². The molecule has 1 heteroatoms. The summed E-state index contributed by atoms with van der Waals surface area (Å²) in [5, 5.41) is 1.14. The second-order valence-corrected chi connectivity index (χ2v) is 5.66. The van der Waals surface area contributed by atoms with Gasteiger partial charge in [0, 0.05) is 5.03 Å². The number of halogens is 1. The van der Waals surface area contributed by atoms with Gasteiger partial charge >= 0.3 is 0 Å². The van der Waals surface area contributed by atoms with E-state index in [1.54, 1.807) is 0 Å². The van der Waals surface area contributed by atoms with Crippen LogP contribution in [0.5, 0.6) is 0 Å². The van der Waals surface area contributed by atoms with Crippen LogP contribution in [0.3, 0.4) is 0 Å². The van der Waals surface area contributed by atoms with Crippen molar-refractivity contribution in [3.05, 3.63) is 11.1 Å². The van der Waals surface area contributed by atoms with Crippen LogP contribution in [0.25, 0.3) is 0 Å². The summed E-state index contributed by atoms with van der Waals surface area (Å²) in [6.45, 7) is 7.01. The van der Waals surface area contributed by atoms with Crippen molar-refractivity contribution in [1.82, 2.24) is 0 Å². The minimum absolute atomic E-state index is 0.442. The van der Waals surface area contributed by atoms with Crippen LogP contribution in [0.2, 0.25) is 0 Å². The average Bonchev–Trinajstić information content (AvgIpc) is 2.19. The molecule has 0 saturated heterocycles. The third-order valence-electron chi connectivity index (χ3n) is 3.85.